The third kappa shape index (κ3) is 2.14. The van der Waals surface area contributed by atoms with Gasteiger partial charge in [-0.05, 0) is 30.9 Å². The van der Waals surface area contributed by atoms with E-state index in [4.69, 9.17) is 18.9 Å². The summed E-state index contributed by atoms with van der Waals surface area (Å²) in [6.07, 6.45) is 0.949. The van der Waals surface area contributed by atoms with Crippen molar-refractivity contribution in [1.82, 2.24) is 0 Å². The van der Waals surface area contributed by atoms with Crippen molar-refractivity contribution in [2.24, 2.45) is 0 Å². The van der Waals surface area contributed by atoms with Gasteiger partial charge in [-0.1, -0.05) is 19.9 Å². The van der Waals surface area contributed by atoms with Crippen molar-refractivity contribution in [1.29, 1.82) is 0 Å². The molecule has 0 N–H and O–H groups in total. The maximum atomic E-state index is 12.9. The van der Waals surface area contributed by atoms with Crippen molar-refractivity contribution >= 4 is 11.8 Å². The highest BCUT2D eigenvalue weighted by Gasteiger charge is 2.60. The molecule has 0 radical (unpaired) electrons. The molecule has 1 aliphatic carbocycles. The zero-order valence-electron chi connectivity index (χ0n) is 14.2. The lowest BCUT2D eigenvalue weighted by Crippen LogP contribution is -2.37. The standard InChI is InChI=1S/C19H20O6/c1-19(2)10-7-6-9-12(13(10)14(20)15-16(19)24-15)18(25-17(9)21)23-11-5-3-4-8-22-11/h6-7,11,15-16,18H,3-5,8H2,1-2H3/t11?,15?,16?,18-/m0/s1. The van der Waals surface area contributed by atoms with Gasteiger partial charge in [0.15, 0.2) is 12.1 Å². The van der Waals surface area contributed by atoms with E-state index in [1.54, 1.807) is 6.07 Å². The average molecular weight is 344 g/mol. The number of carbonyl (C=O) groups is 2. The van der Waals surface area contributed by atoms with Gasteiger partial charge in [-0.15, -0.1) is 0 Å². The largest absolute Gasteiger partial charge is 0.427 e. The Bertz CT molecular complexity index is 776. The van der Waals surface area contributed by atoms with Crippen LogP contribution in [0.25, 0.3) is 0 Å². The predicted octanol–water partition coefficient (Wildman–Crippen LogP) is 2.64. The molecule has 1 aromatic rings. The third-order valence-electron chi connectivity index (χ3n) is 5.73. The summed E-state index contributed by atoms with van der Waals surface area (Å²) in [5, 5.41) is 0. The second kappa shape index (κ2) is 5.13. The Morgan fingerprint density at radius 2 is 2.04 bits per heavy atom. The number of cyclic esters (lactones) is 1. The van der Waals surface area contributed by atoms with Crippen molar-refractivity contribution in [3.8, 4) is 0 Å². The van der Waals surface area contributed by atoms with Gasteiger partial charge in [-0.3, -0.25) is 4.79 Å². The van der Waals surface area contributed by atoms with Gasteiger partial charge in [0.2, 0.25) is 6.29 Å². The van der Waals surface area contributed by atoms with Gasteiger partial charge in [0.25, 0.3) is 0 Å². The lowest BCUT2D eigenvalue weighted by Gasteiger charge is -2.31. The number of rotatable bonds is 2. The summed E-state index contributed by atoms with van der Waals surface area (Å²) in [6.45, 7) is 4.76. The Labute approximate surface area is 145 Å². The fourth-order valence-electron chi connectivity index (χ4n) is 4.27. The summed E-state index contributed by atoms with van der Waals surface area (Å²) >= 11 is 0. The van der Waals surface area contributed by atoms with Crippen LogP contribution in [0.4, 0.5) is 0 Å². The summed E-state index contributed by atoms with van der Waals surface area (Å²) in [5.41, 5.74) is 2.09. The Morgan fingerprint density at radius 3 is 2.80 bits per heavy atom. The van der Waals surface area contributed by atoms with Crippen LogP contribution in [0.15, 0.2) is 12.1 Å². The Kier molecular flexibility index (Phi) is 3.18. The summed E-state index contributed by atoms with van der Waals surface area (Å²) in [7, 11) is 0. The van der Waals surface area contributed by atoms with Crippen molar-refractivity contribution in [3.05, 3.63) is 34.4 Å². The lowest BCUT2D eigenvalue weighted by atomic mass is 9.70. The second-order valence-corrected chi connectivity index (χ2v) is 7.68. The first-order valence-corrected chi connectivity index (χ1v) is 8.83. The number of fused-ring (bicyclic) bond motifs is 4. The SMILES string of the molecule is CC1(C)c2ccc3c(c2C(=O)C2OC21)[C@@H](OC1CCCCO1)OC3=O. The molecule has 132 valence electrons. The number of esters is 1. The highest BCUT2D eigenvalue weighted by molar-refractivity contribution is 6.09. The van der Waals surface area contributed by atoms with Crippen LogP contribution in [0, 0.1) is 0 Å². The zero-order valence-corrected chi connectivity index (χ0v) is 14.2. The van der Waals surface area contributed by atoms with Crippen molar-refractivity contribution in [3.63, 3.8) is 0 Å². The van der Waals surface area contributed by atoms with E-state index in [1.807, 2.05) is 6.07 Å². The van der Waals surface area contributed by atoms with Crippen LogP contribution in [0.5, 0.6) is 0 Å². The van der Waals surface area contributed by atoms with Gasteiger partial charge < -0.3 is 18.9 Å². The molecule has 4 atom stereocenters. The summed E-state index contributed by atoms with van der Waals surface area (Å²) in [5.74, 6) is -0.532. The number of carbonyl (C=O) groups excluding carboxylic acids is 2. The van der Waals surface area contributed by atoms with Crippen LogP contribution in [-0.4, -0.2) is 36.9 Å². The molecule has 1 aromatic carbocycles. The smallest absolute Gasteiger partial charge is 0.341 e. The molecule has 4 aliphatic rings. The van der Waals surface area contributed by atoms with E-state index in [0.29, 0.717) is 23.3 Å². The highest BCUT2D eigenvalue weighted by atomic mass is 16.8. The second-order valence-electron chi connectivity index (χ2n) is 7.68. The maximum absolute atomic E-state index is 12.9. The molecule has 6 heteroatoms. The topological polar surface area (TPSA) is 74.4 Å². The van der Waals surface area contributed by atoms with Gasteiger partial charge in [-0.25, -0.2) is 4.79 Å². The number of Topliss-reactive ketones (excluding diaryl/α,β-unsaturated/α-hetero) is 1. The molecule has 3 unspecified atom stereocenters. The van der Waals surface area contributed by atoms with Crippen LogP contribution in [0.2, 0.25) is 0 Å². The fourth-order valence-corrected chi connectivity index (χ4v) is 4.27. The summed E-state index contributed by atoms with van der Waals surface area (Å²) in [6, 6.07) is 3.59. The predicted molar refractivity (Wildman–Crippen MR) is 85.3 cm³/mol. The van der Waals surface area contributed by atoms with E-state index in [0.717, 1.165) is 24.8 Å². The minimum Gasteiger partial charge on any atom is -0.427 e. The summed E-state index contributed by atoms with van der Waals surface area (Å²) in [4.78, 5) is 25.1. The molecule has 25 heavy (non-hydrogen) atoms. The molecule has 2 saturated heterocycles. The number of benzene rings is 1. The number of epoxide rings is 1. The molecular formula is C19H20O6. The molecule has 0 amide bonds. The minimum atomic E-state index is -0.893. The first kappa shape index (κ1) is 15.5. The Morgan fingerprint density at radius 1 is 1.20 bits per heavy atom. The molecule has 3 heterocycles. The van der Waals surface area contributed by atoms with Crippen LogP contribution in [0.1, 0.15) is 71.2 Å². The maximum Gasteiger partial charge on any atom is 0.341 e. The van der Waals surface area contributed by atoms with Gasteiger partial charge >= 0.3 is 5.97 Å². The van der Waals surface area contributed by atoms with Crippen LogP contribution < -0.4 is 0 Å². The Balaban J connectivity index is 1.59. The van der Waals surface area contributed by atoms with Crippen LogP contribution in [0.3, 0.4) is 0 Å². The van der Waals surface area contributed by atoms with E-state index < -0.39 is 24.7 Å². The molecule has 0 aromatic heterocycles. The molecule has 0 spiro atoms. The van der Waals surface area contributed by atoms with Crippen LogP contribution >= 0.6 is 0 Å². The van der Waals surface area contributed by atoms with Gasteiger partial charge in [-0.2, -0.15) is 0 Å². The first-order chi connectivity index (χ1) is 12.0. The average Bonchev–Trinajstić information content (AvgIpc) is 3.36. The van der Waals surface area contributed by atoms with E-state index in [2.05, 4.69) is 13.8 Å². The van der Waals surface area contributed by atoms with Crippen molar-refractivity contribution < 1.29 is 28.5 Å². The van der Waals surface area contributed by atoms with E-state index in [1.165, 1.54) is 0 Å². The van der Waals surface area contributed by atoms with Crippen molar-refractivity contribution in [2.75, 3.05) is 6.61 Å². The molecule has 0 saturated carbocycles. The van der Waals surface area contributed by atoms with E-state index in [-0.39, 0.29) is 17.3 Å². The third-order valence-corrected chi connectivity index (χ3v) is 5.73. The fraction of sp³-hybridized carbons (Fsp3) is 0.579. The molecule has 5 rings (SSSR count). The van der Waals surface area contributed by atoms with Gasteiger partial charge in [0.1, 0.15) is 12.2 Å². The van der Waals surface area contributed by atoms with E-state index >= 15 is 0 Å². The lowest BCUT2D eigenvalue weighted by molar-refractivity contribution is -0.239. The monoisotopic (exact) mass is 344 g/mol. The van der Waals surface area contributed by atoms with Gasteiger partial charge in [0, 0.05) is 23.1 Å². The normalized spacial score (nSPS) is 34.8. The highest BCUT2D eigenvalue weighted by Crippen LogP contribution is 2.51. The minimum absolute atomic E-state index is 0.0763. The Hall–Kier alpha value is -1.76. The number of hydrogen-bond acceptors (Lipinski definition) is 6. The number of ether oxygens (including phenoxy) is 4. The zero-order chi connectivity index (χ0) is 17.3. The van der Waals surface area contributed by atoms with Crippen molar-refractivity contribution in [2.45, 2.75) is 63.3 Å². The first-order valence-electron chi connectivity index (χ1n) is 8.83. The molecule has 6 nitrogen and oxygen atoms in total. The summed E-state index contributed by atoms with van der Waals surface area (Å²) < 4.78 is 22.6. The van der Waals surface area contributed by atoms with Crippen LogP contribution in [-0.2, 0) is 24.4 Å². The molecule has 0 bridgehead atoms. The number of hydrogen-bond donors (Lipinski definition) is 0. The van der Waals surface area contributed by atoms with E-state index in [9.17, 15) is 9.59 Å². The molecule has 2 fully saturated rings. The molecular weight excluding hydrogens is 324 g/mol. The van der Waals surface area contributed by atoms with Gasteiger partial charge in [0.05, 0.1) is 5.56 Å². The quantitative estimate of drug-likeness (QED) is 0.606. The molecule has 3 aliphatic heterocycles. The number of ketones is 1.